The van der Waals surface area contributed by atoms with Crippen LogP contribution in [0.3, 0.4) is 0 Å². The highest BCUT2D eigenvalue weighted by molar-refractivity contribution is 6.33. The topological polar surface area (TPSA) is 29.1 Å². The lowest BCUT2D eigenvalue weighted by molar-refractivity contribution is -0.105. The van der Waals surface area contributed by atoms with Crippen LogP contribution in [0.1, 0.15) is 5.56 Å². The Morgan fingerprint density at radius 1 is 1.55 bits per heavy atom. The first kappa shape index (κ1) is 7.86. The van der Waals surface area contributed by atoms with Crippen molar-refractivity contribution in [3.05, 3.63) is 23.8 Å². The average molecular weight is 145 g/mol. The van der Waals surface area contributed by atoms with E-state index in [2.05, 4.69) is 5.32 Å². The lowest BCUT2D eigenvalue weighted by Gasteiger charge is -2.02. The van der Waals surface area contributed by atoms with Crippen molar-refractivity contribution in [2.24, 2.45) is 0 Å². The van der Waals surface area contributed by atoms with Gasteiger partial charge in [0.25, 0.3) is 0 Å². The van der Waals surface area contributed by atoms with Gasteiger partial charge < -0.3 is 5.32 Å². The predicted molar refractivity (Wildman–Crippen MR) is 46.3 cm³/mol. The number of hydrogen-bond acceptors (Lipinski definition) is 1. The molecule has 1 aromatic carbocycles. The van der Waals surface area contributed by atoms with Crippen LogP contribution in [0, 0.1) is 6.92 Å². The van der Waals surface area contributed by atoms with Crippen LogP contribution in [0.5, 0.6) is 0 Å². The first-order chi connectivity index (χ1) is 5.24. The summed E-state index contributed by atoms with van der Waals surface area (Å²) in [6.07, 6.45) is 0.629. The van der Waals surface area contributed by atoms with Gasteiger partial charge in [-0.2, -0.15) is 0 Å². The summed E-state index contributed by atoms with van der Waals surface area (Å²) in [5.74, 6) is 0. The quantitative estimate of drug-likeness (QED) is 0.472. The van der Waals surface area contributed by atoms with Crippen molar-refractivity contribution in [1.29, 1.82) is 0 Å². The molecule has 1 rings (SSSR count). The normalized spacial score (nSPS) is 9.18. The number of benzene rings is 1. The van der Waals surface area contributed by atoms with E-state index in [9.17, 15) is 4.79 Å². The largest absolute Gasteiger partial charge is 0.329 e. The Morgan fingerprint density at radius 3 is 2.82 bits per heavy atom. The van der Waals surface area contributed by atoms with Crippen LogP contribution in [0.2, 0.25) is 0 Å². The fourth-order valence-corrected chi connectivity index (χ4v) is 0.798. The Kier molecular flexibility index (Phi) is 2.31. The van der Waals surface area contributed by atoms with Crippen molar-refractivity contribution in [2.45, 2.75) is 6.92 Å². The van der Waals surface area contributed by atoms with Gasteiger partial charge in [0.05, 0.1) is 0 Å². The number of nitrogens with one attached hydrogen (secondary N) is 1. The summed E-state index contributed by atoms with van der Waals surface area (Å²) < 4.78 is 0. The number of amides is 1. The van der Waals surface area contributed by atoms with Gasteiger partial charge in [-0.1, -0.05) is 17.1 Å². The molecular formula is C8H8BNO. The highest BCUT2D eigenvalue weighted by Crippen LogP contribution is 2.04. The van der Waals surface area contributed by atoms with Gasteiger partial charge in [0.15, 0.2) is 0 Å². The van der Waals surface area contributed by atoms with Crippen molar-refractivity contribution in [2.75, 3.05) is 5.32 Å². The number of carbonyl (C=O) groups excluding carboxylic acids is 1. The Labute approximate surface area is 67.0 Å². The van der Waals surface area contributed by atoms with Gasteiger partial charge >= 0.3 is 0 Å². The molecule has 0 atom stereocenters. The van der Waals surface area contributed by atoms with Gasteiger partial charge in [0.2, 0.25) is 6.41 Å². The highest BCUT2D eigenvalue weighted by Gasteiger charge is 1.92. The van der Waals surface area contributed by atoms with Crippen molar-refractivity contribution < 1.29 is 4.79 Å². The van der Waals surface area contributed by atoms with Crippen LogP contribution in [0.4, 0.5) is 5.69 Å². The number of carbonyl (C=O) groups is 1. The molecule has 0 fully saturated rings. The standard InChI is InChI=1S/C8H8BNO/c1-6-2-3-7(10-5-11)4-8(6)9/h2-5H,1H3,(H,10,11). The number of hydrogen-bond donors (Lipinski definition) is 1. The van der Waals surface area contributed by atoms with E-state index in [1.165, 1.54) is 0 Å². The third kappa shape index (κ3) is 1.83. The molecule has 0 heterocycles. The molecule has 1 N–H and O–H groups in total. The van der Waals surface area contributed by atoms with Gasteiger partial charge in [-0.05, 0) is 19.1 Å². The molecule has 1 aromatic rings. The van der Waals surface area contributed by atoms with E-state index in [1.807, 2.05) is 13.0 Å². The van der Waals surface area contributed by atoms with E-state index in [1.54, 1.807) is 12.1 Å². The van der Waals surface area contributed by atoms with E-state index >= 15 is 0 Å². The summed E-state index contributed by atoms with van der Waals surface area (Å²) >= 11 is 0. The fraction of sp³-hybridized carbons (Fsp3) is 0.125. The maximum atomic E-state index is 10.0. The van der Waals surface area contributed by atoms with E-state index in [0.717, 1.165) is 11.3 Å². The summed E-state index contributed by atoms with van der Waals surface area (Å²) in [5.41, 5.74) is 2.43. The summed E-state index contributed by atoms with van der Waals surface area (Å²) in [7, 11) is 5.59. The molecule has 11 heavy (non-hydrogen) atoms. The minimum absolute atomic E-state index is 0.629. The first-order valence-electron chi connectivity index (χ1n) is 3.30. The molecule has 0 saturated carbocycles. The van der Waals surface area contributed by atoms with Crippen LogP contribution in [-0.2, 0) is 4.79 Å². The number of anilines is 1. The Balaban J connectivity index is 2.95. The first-order valence-corrected chi connectivity index (χ1v) is 3.30. The van der Waals surface area contributed by atoms with Crippen LogP contribution < -0.4 is 10.8 Å². The summed E-state index contributed by atoms with van der Waals surface area (Å²) in [6, 6.07) is 5.39. The summed E-state index contributed by atoms with van der Waals surface area (Å²) in [5, 5.41) is 2.52. The third-order valence-corrected chi connectivity index (χ3v) is 1.50. The third-order valence-electron chi connectivity index (χ3n) is 1.50. The molecule has 0 spiro atoms. The lowest BCUT2D eigenvalue weighted by atomic mass is 9.91. The van der Waals surface area contributed by atoms with Crippen LogP contribution in [-0.4, -0.2) is 14.3 Å². The van der Waals surface area contributed by atoms with Gasteiger partial charge in [0, 0.05) is 5.69 Å². The molecule has 3 heteroatoms. The molecule has 0 aliphatic carbocycles. The molecule has 54 valence electrons. The zero-order chi connectivity index (χ0) is 8.27. The van der Waals surface area contributed by atoms with Crippen molar-refractivity contribution in [3.63, 3.8) is 0 Å². The molecule has 0 saturated heterocycles. The zero-order valence-corrected chi connectivity index (χ0v) is 6.29. The molecule has 0 aliphatic heterocycles. The van der Waals surface area contributed by atoms with Gasteiger partial charge in [-0.3, -0.25) is 4.79 Å². The molecule has 0 bridgehead atoms. The lowest BCUT2D eigenvalue weighted by Crippen LogP contribution is -2.08. The predicted octanol–water partition coefficient (Wildman–Crippen LogP) is 0.357. The Bertz CT molecular complexity index is 273. The minimum atomic E-state index is 0.629. The second-order valence-corrected chi connectivity index (χ2v) is 2.33. The molecule has 0 aliphatic rings. The van der Waals surface area contributed by atoms with Crippen LogP contribution >= 0.6 is 0 Å². The molecular weight excluding hydrogens is 137 g/mol. The van der Waals surface area contributed by atoms with Gasteiger partial charge in [-0.25, -0.2) is 0 Å². The maximum Gasteiger partial charge on any atom is 0.211 e. The minimum Gasteiger partial charge on any atom is -0.329 e. The van der Waals surface area contributed by atoms with Crippen molar-refractivity contribution >= 4 is 25.4 Å². The van der Waals surface area contributed by atoms with Crippen LogP contribution in [0.15, 0.2) is 18.2 Å². The second-order valence-electron chi connectivity index (χ2n) is 2.33. The van der Waals surface area contributed by atoms with E-state index in [4.69, 9.17) is 7.85 Å². The summed E-state index contributed by atoms with van der Waals surface area (Å²) in [4.78, 5) is 10.0. The van der Waals surface area contributed by atoms with Gasteiger partial charge in [-0.15, -0.1) is 0 Å². The monoisotopic (exact) mass is 145 g/mol. The molecule has 2 radical (unpaired) electrons. The molecule has 0 unspecified atom stereocenters. The Morgan fingerprint density at radius 2 is 2.27 bits per heavy atom. The highest BCUT2D eigenvalue weighted by atomic mass is 16.1. The van der Waals surface area contributed by atoms with E-state index < -0.39 is 0 Å². The number of rotatable bonds is 2. The van der Waals surface area contributed by atoms with E-state index in [-0.39, 0.29) is 0 Å². The number of aryl methyl sites for hydroxylation is 1. The smallest absolute Gasteiger partial charge is 0.211 e. The molecule has 2 nitrogen and oxygen atoms in total. The second kappa shape index (κ2) is 3.24. The van der Waals surface area contributed by atoms with Crippen molar-refractivity contribution in [3.8, 4) is 0 Å². The average Bonchev–Trinajstić information content (AvgIpc) is 1.98. The maximum absolute atomic E-state index is 10.0. The fourth-order valence-electron chi connectivity index (χ4n) is 0.798. The molecule has 0 aromatic heterocycles. The zero-order valence-electron chi connectivity index (χ0n) is 6.29. The van der Waals surface area contributed by atoms with Crippen molar-refractivity contribution in [1.82, 2.24) is 0 Å². The van der Waals surface area contributed by atoms with E-state index in [0.29, 0.717) is 11.9 Å². The SMILES string of the molecule is [B]c1cc(NC=O)ccc1C. The van der Waals surface area contributed by atoms with Gasteiger partial charge in [0.1, 0.15) is 7.85 Å². The Hall–Kier alpha value is -1.25. The van der Waals surface area contributed by atoms with Crippen LogP contribution in [0.25, 0.3) is 0 Å². The molecule has 1 amide bonds. The summed E-state index contributed by atoms with van der Waals surface area (Å²) in [6.45, 7) is 1.92.